The predicted molar refractivity (Wildman–Crippen MR) is 153 cm³/mol. The third-order valence-electron chi connectivity index (χ3n) is 7.34. The minimum Gasteiger partial charge on any atom is -0.507 e. The minimum atomic E-state index is -0.790. The monoisotopic (exact) mass is 542 g/mol. The lowest BCUT2D eigenvalue weighted by Gasteiger charge is -2.26. The van der Waals surface area contributed by atoms with Crippen molar-refractivity contribution in [3.63, 3.8) is 0 Å². The van der Waals surface area contributed by atoms with Crippen LogP contribution in [0.5, 0.6) is 17.2 Å². The number of aliphatic hydroxyl groups excluding tert-OH is 1. The van der Waals surface area contributed by atoms with Crippen molar-refractivity contribution in [2.75, 3.05) is 32.9 Å². The molecule has 2 aliphatic heterocycles. The minimum absolute atomic E-state index is 0.0494. The summed E-state index contributed by atoms with van der Waals surface area (Å²) in [6, 6.07) is 17.6. The first-order valence-electron chi connectivity index (χ1n) is 13.1. The van der Waals surface area contributed by atoms with Crippen LogP contribution in [0.15, 0.2) is 66.2 Å². The molecule has 8 heteroatoms. The van der Waals surface area contributed by atoms with Gasteiger partial charge < -0.3 is 29.1 Å². The number of methoxy groups -OCH3 is 1. The van der Waals surface area contributed by atoms with Gasteiger partial charge >= 0.3 is 0 Å². The molecule has 1 amide bonds. The number of anilines is 1. The van der Waals surface area contributed by atoms with Gasteiger partial charge in [0.05, 0.1) is 18.7 Å². The van der Waals surface area contributed by atoms with E-state index in [2.05, 4.69) is 0 Å². The third-order valence-corrected chi connectivity index (χ3v) is 7.34. The zero-order valence-corrected chi connectivity index (χ0v) is 23.6. The van der Waals surface area contributed by atoms with Crippen molar-refractivity contribution in [2.45, 2.75) is 38.8 Å². The van der Waals surface area contributed by atoms with Crippen LogP contribution in [-0.4, -0.2) is 49.7 Å². The molecule has 0 saturated carbocycles. The Balaban J connectivity index is 1.64. The van der Waals surface area contributed by atoms with Gasteiger partial charge in [0.2, 0.25) is 6.79 Å². The number of hydrogen-bond donors (Lipinski definition) is 1. The fraction of sp³-hybridized carbons (Fsp3) is 0.312. The van der Waals surface area contributed by atoms with Gasteiger partial charge in [0.25, 0.3) is 11.7 Å². The van der Waals surface area contributed by atoms with Crippen molar-refractivity contribution in [1.29, 1.82) is 0 Å². The third kappa shape index (κ3) is 4.85. The molecule has 8 nitrogen and oxygen atoms in total. The molecule has 1 unspecified atom stereocenters. The van der Waals surface area contributed by atoms with Crippen LogP contribution in [0, 0.1) is 0 Å². The topological polar surface area (TPSA) is 88.5 Å². The van der Waals surface area contributed by atoms with Gasteiger partial charge in [0.15, 0.2) is 11.5 Å². The number of ketones is 1. The Labute approximate surface area is 234 Å². The average Bonchev–Trinajstić information content (AvgIpc) is 3.50. The maximum absolute atomic E-state index is 13.6. The van der Waals surface area contributed by atoms with Gasteiger partial charge in [-0.2, -0.15) is 0 Å². The second-order valence-corrected chi connectivity index (χ2v) is 11.3. The summed E-state index contributed by atoms with van der Waals surface area (Å²) < 4.78 is 16.5. The zero-order valence-electron chi connectivity index (χ0n) is 23.6. The summed E-state index contributed by atoms with van der Waals surface area (Å²) in [5, 5.41) is 11.6. The van der Waals surface area contributed by atoms with Crippen LogP contribution in [-0.2, 0) is 21.5 Å². The second-order valence-electron chi connectivity index (χ2n) is 11.3. The number of aliphatic hydroxyl groups is 1. The Bertz CT molecular complexity index is 1500. The Kier molecular flexibility index (Phi) is 6.96. The number of amides is 1. The lowest BCUT2D eigenvalue weighted by Crippen LogP contribution is -2.29. The summed E-state index contributed by atoms with van der Waals surface area (Å²) >= 11 is 0. The van der Waals surface area contributed by atoms with Gasteiger partial charge in [0.1, 0.15) is 11.5 Å². The predicted octanol–water partition coefficient (Wildman–Crippen LogP) is 5.41. The molecule has 0 spiro atoms. The van der Waals surface area contributed by atoms with Crippen molar-refractivity contribution in [1.82, 2.24) is 4.90 Å². The van der Waals surface area contributed by atoms with E-state index >= 15 is 0 Å². The first kappa shape index (κ1) is 27.1. The molecule has 5 rings (SSSR count). The molecule has 208 valence electrons. The van der Waals surface area contributed by atoms with Crippen LogP contribution in [0.25, 0.3) is 5.76 Å². The van der Waals surface area contributed by atoms with Gasteiger partial charge in [-0.15, -0.1) is 0 Å². The van der Waals surface area contributed by atoms with E-state index in [1.807, 2.05) is 82.2 Å². The Morgan fingerprint density at radius 3 is 2.35 bits per heavy atom. The van der Waals surface area contributed by atoms with E-state index in [1.165, 1.54) is 4.90 Å². The number of likely N-dealkylation sites (tertiary alicyclic amines) is 1. The summed E-state index contributed by atoms with van der Waals surface area (Å²) in [7, 11) is 5.48. The maximum atomic E-state index is 13.6. The normalized spacial score (nSPS) is 17.9. The second kappa shape index (κ2) is 10.3. The number of carbonyl (C=O) groups is 2. The number of ether oxygens (including phenoxy) is 3. The number of rotatable bonds is 6. The smallest absolute Gasteiger partial charge is 0.295 e. The fourth-order valence-electron chi connectivity index (χ4n) is 5.18. The molecule has 0 bridgehead atoms. The maximum Gasteiger partial charge on any atom is 0.295 e. The highest BCUT2D eigenvalue weighted by Gasteiger charge is 2.46. The summed E-state index contributed by atoms with van der Waals surface area (Å²) in [4.78, 5) is 30.6. The molecule has 0 aliphatic carbocycles. The number of hydrogen-bond acceptors (Lipinski definition) is 7. The zero-order chi connectivity index (χ0) is 28.8. The van der Waals surface area contributed by atoms with E-state index < -0.39 is 17.7 Å². The molecule has 40 heavy (non-hydrogen) atoms. The van der Waals surface area contributed by atoms with E-state index in [0.717, 1.165) is 22.4 Å². The Morgan fingerprint density at radius 1 is 1.00 bits per heavy atom. The summed E-state index contributed by atoms with van der Waals surface area (Å²) in [6.07, 6.45) is 0. The number of benzene rings is 3. The molecule has 2 heterocycles. The van der Waals surface area contributed by atoms with Crippen molar-refractivity contribution >= 4 is 23.1 Å². The van der Waals surface area contributed by atoms with Gasteiger partial charge in [0, 0.05) is 37.5 Å². The van der Waals surface area contributed by atoms with Crippen LogP contribution in [0.2, 0.25) is 0 Å². The average molecular weight is 543 g/mol. The SMILES string of the molecule is COc1ccc(/C(O)=C2\C(=O)C(=O)N(Cc3ccc4c(c3)OCO4)C2c2ccc(N(C)C)cc2)cc1C(C)(C)C. The summed E-state index contributed by atoms with van der Waals surface area (Å²) in [5.74, 6) is 0.285. The Morgan fingerprint density at radius 2 is 1.70 bits per heavy atom. The quantitative estimate of drug-likeness (QED) is 0.253. The molecular weight excluding hydrogens is 508 g/mol. The number of fused-ring (bicyclic) bond motifs is 1. The van der Waals surface area contributed by atoms with Gasteiger partial charge in [-0.25, -0.2) is 0 Å². The van der Waals surface area contributed by atoms with Crippen LogP contribution < -0.4 is 19.1 Å². The first-order chi connectivity index (χ1) is 19.0. The highest BCUT2D eigenvalue weighted by Crippen LogP contribution is 2.43. The molecule has 1 saturated heterocycles. The van der Waals surface area contributed by atoms with Crippen molar-refractivity contribution in [2.24, 2.45) is 0 Å². The lowest BCUT2D eigenvalue weighted by molar-refractivity contribution is -0.140. The summed E-state index contributed by atoms with van der Waals surface area (Å²) in [5.41, 5.74) is 3.56. The number of carbonyl (C=O) groups excluding carboxylic acids is 2. The summed E-state index contributed by atoms with van der Waals surface area (Å²) in [6.45, 7) is 6.43. The standard InChI is InChI=1S/C32H34N2O6/c1-32(2,3)23-16-21(10-14-24(23)38-6)29(35)27-28(20-8-11-22(12-9-20)33(4)5)34(31(37)30(27)36)17-19-7-13-25-26(15-19)40-18-39-25/h7-16,28,35H,17-18H2,1-6H3/b29-27+. The van der Waals surface area contributed by atoms with Gasteiger partial charge in [-0.3, -0.25) is 9.59 Å². The highest BCUT2D eigenvalue weighted by atomic mass is 16.7. The lowest BCUT2D eigenvalue weighted by atomic mass is 9.84. The van der Waals surface area contributed by atoms with E-state index in [-0.39, 0.29) is 30.1 Å². The molecule has 2 aliphatic rings. The van der Waals surface area contributed by atoms with E-state index in [4.69, 9.17) is 14.2 Å². The van der Waals surface area contributed by atoms with Crippen molar-refractivity contribution < 1.29 is 28.9 Å². The first-order valence-corrected chi connectivity index (χ1v) is 13.1. The van der Waals surface area contributed by atoms with Crippen LogP contribution >= 0.6 is 0 Å². The molecule has 1 N–H and O–H groups in total. The van der Waals surface area contributed by atoms with Gasteiger partial charge in [-0.1, -0.05) is 39.0 Å². The number of Topliss-reactive ketones (excluding diaryl/α,β-unsaturated/α-hetero) is 1. The van der Waals surface area contributed by atoms with Gasteiger partial charge in [-0.05, 0) is 59.0 Å². The van der Waals surface area contributed by atoms with E-state index in [0.29, 0.717) is 22.8 Å². The molecule has 1 atom stereocenters. The van der Waals surface area contributed by atoms with Crippen molar-refractivity contribution in [3.05, 3.63) is 88.5 Å². The van der Waals surface area contributed by atoms with E-state index in [9.17, 15) is 14.7 Å². The molecule has 3 aromatic carbocycles. The van der Waals surface area contributed by atoms with Crippen LogP contribution in [0.1, 0.15) is 49.1 Å². The van der Waals surface area contributed by atoms with Crippen molar-refractivity contribution in [3.8, 4) is 17.2 Å². The van der Waals surface area contributed by atoms with Crippen LogP contribution in [0.4, 0.5) is 5.69 Å². The molecule has 1 fully saturated rings. The molecule has 0 aromatic heterocycles. The molecule has 0 radical (unpaired) electrons. The molecule has 3 aromatic rings. The highest BCUT2D eigenvalue weighted by molar-refractivity contribution is 6.46. The van der Waals surface area contributed by atoms with E-state index in [1.54, 1.807) is 25.3 Å². The Hall–Kier alpha value is -4.46. The number of nitrogens with zero attached hydrogens (tertiary/aromatic N) is 2. The molecular formula is C32H34N2O6. The largest absolute Gasteiger partial charge is 0.507 e. The fourth-order valence-corrected chi connectivity index (χ4v) is 5.18. The van der Waals surface area contributed by atoms with Crippen LogP contribution in [0.3, 0.4) is 0 Å².